The van der Waals surface area contributed by atoms with Crippen molar-refractivity contribution in [3.63, 3.8) is 0 Å². The molecule has 20 heavy (non-hydrogen) atoms. The molecule has 4 nitrogen and oxygen atoms in total. The van der Waals surface area contributed by atoms with Crippen LogP contribution in [0.15, 0.2) is 30.5 Å². The summed E-state index contributed by atoms with van der Waals surface area (Å²) in [6.45, 7) is 1.53. The first kappa shape index (κ1) is 13.2. The van der Waals surface area contributed by atoms with E-state index in [2.05, 4.69) is 10.3 Å². The molecular formula is C16H20N2O2. The van der Waals surface area contributed by atoms with Crippen molar-refractivity contribution in [3.8, 4) is 0 Å². The average molecular weight is 272 g/mol. The first-order valence-corrected chi connectivity index (χ1v) is 7.30. The third kappa shape index (κ3) is 2.85. The number of carbonyl (C=O) groups excluding carboxylic acids is 1. The number of amides is 1. The van der Waals surface area contributed by atoms with Gasteiger partial charge in [-0.05, 0) is 43.9 Å². The van der Waals surface area contributed by atoms with E-state index in [9.17, 15) is 4.79 Å². The Morgan fingerprint density at radius 1 is 1.35 bits per heavy atom. The van der Waals surface area contributed by atoms with Gasteiger partial charge in [0.25, 0.3) is 5.91 Å². The van der Waals surface area contributed by atoms with Gasteiger partial charge in [-0.25, -0.2) is 0 Å². The van der Waals surface area contributed by atoms with Crippen LogP contribution in [0.5, 0.6) is 0 Å². The van der Waals surface area contributed by atoms with Gasteiger partial charge in [0.05, 0.1) is 6.10 Å². The highest BCUT2D eigenvalue weighted by Gasteiger charge is 2.15. The minimum Gasteiger partial charge on any atom is -0.378 e. The normalized spacial score (nSPS) is 19.1. The Balaban J connectivity index is 1.57. The zero-order chi connectivity index (χ0) is 13.8. The fraction of sp³-hybridized carbons (Fsp3) is 0.438. The fourth-order valence-electron chi connectivity index (χ4n) is 2.76. The number of aromatic amines is 1. The smallest absolute Gasteiger partial charge is 0.251 e. The van der Waals surface area contributed by atoms with Crippen LogP contribution in [0.1, 0.15) is 36.0 Å². The molecule has 1 aromatic heterocycles. The van der Waals surface area contributed by atoms with E-state index in [1.165, 1.54) is 12.8 Å². The van der Waals surface area contributed by atoms with Gasteiger partial charge < -0.3 is 15.0 Å². The lowest BCUT2D eigenvalue weighted by molar-refractivity contribution is 0.0117. The summed E-state index contributed by atoms with van der Waals surface area (Å²) in [5, 5.41) is 3.97. The van der Waals surface area contributed by atoms with E-state index in [1.54, 1.807) is 0 Å². The highest BCUT2D eigenvalue weighted by atomic mass is 16.5. The molecule has 1 atom stereocenters. The van der Waals surface area contributed by atoms with Gasteiger partial charge in [0.1, 0.15) is 0 Å². The van der Waals surface area contributed by atoms with E-state index in [-0.39, 0.29) is 5.91 Å². The number of hydrogen-bond donors (Lipinski definition) is 2. The van der Waals surface area contributed by atoms with Crippen molar-refractivity contribution in [2.45, 2.75) is 31.8 Å². The first-order chi connectivity index (χ1) is 9.84. The van der Waals surface area contributed by atoms with E-state index in [4.69, 9.17) is 4.74 Å². The van der Waals surface area contributed by atoms with Gasteiger partial charge in [0.2, 0.25) is 0 Å². The molecule has 0 aliphatic carbocycles. The molecule has 1 saturated heterocycles. The molecule has 4 heteroatoms. The van der Waals surface area contributed by atoms with Gasteiger partial charge in [-0.1, -0.05) is 6.07 Å². The maximum atomic E-state index is 12.2. The molecule has 0 spiro atoms. The molecule has 0 bridgehead atoms. The number of carbonyl (C=O) groups is 1. The second-order valence-electron chi connectivity index (χ2n) is 5.28. The number of ether oxygens (including phenoxy) is 1. The van der Waals surface area contributed by atoms with Crippen LogP contribution in [0.4, 0.5) is 0 Å². The zero-order valence-electron chi connectivity index (χ0n) is 11.5. The van der Waals surface area contributed by atoms with Crippen molar-refractivity contribution < 1.29 is 9.53 Å². The van der Waals surface area contributed by atoms with Gasteiger partial charge in [-0.3, -0.25) is 4.79 Å². The lowest BCUT2D eigenvalue weighted by atomic mass is 10.1. The molecule has 2 heterocycles. The van der Waals surface area contributed by atoms with Crippen molar-refractivity contribution in [2.75, 3.05) is 13.2 Å². The molecule has 3 rings (SSSR count). The summed E-state index contributed by atoms with van der Waals surface area (Å²) in [7, 11) is 0. The summed E-state index contributed by atoms with van der Waals surface area (Å²) in [6.07, 6.45) is 6.58. The van der Waals surface area contributed by atoms with Crippen molar-refractivity contribution in [1.82, 2.24) is 10.3 Å². The third-order valence-electron chi connectivity index (χ3n) is 3.87. The Morgan fingerprint density at radius 3 is 3.15 bits per heavy atom. The second kappa shape index (κ2) is 6.09. The predicted octanol–water partition coefficient (Wildman–Crippen LogP) is 2.86. The standard InChI is InChI=1S/C16H20N2O2/c19-16(18-9-7-12-4-1-2-11-20-12)14-5-3-6-15-13(14)8-10-17-15/h3,5-6,8,10,12,17H,1-2,4,7,9,11H2,(H,18,19). The molecule has 0 radical (unpaired) electrons. The van der Waals surface area contributed by atoms with E-state index < -0.39 is 0 Å². The third-order valence-corrected chi connectivity index (χ3v) is 3.87. The highest BCUT2D eigenvalue weighted by molar-refractivity contribution is 6.06. The van der Waals surface area contributed by atoms with Gasteiger partial charge >= 0.3 is 0 Å². The summed E-state index contributed by atoms with van der Waals surface area (Å²) in [5.74, 6) is -0.00832. The Labute approximate surface area is 118 Å². The number of H-pyrrole nitrogens is 1. The van der Waals surface area contributed by atoms with Crippen LogP contribution in [0.25, 0.3) is 10.9 Å². The second-order valence-corrected chi connectivity index (χ2v) is 5.28. The van der Waals surface area contributed by atoms with Crippen LogP contribution >= 0.6 is 0 Å². The van der Waals surface area contributed by atoms with Crippen molar-refractivity contribution in [2.24, 2.45) is 0 Å². The summed E-state index contributed by atoms with van der Waals surface area (Å²) >= 11 is 0. The highest BCUT2D eigenvalue weighted by Crippen LogP contribution is 2.18. The van der Waals surface area contributed by atoms with Crippen molar-refractivity contribution in [3.05, 3.63) is 36.0 Å². The summed E-state index contributed by atoms with van der Waals surface area (Å²) in [6, 6.07) is 7.68. The Hall–Kier alpha value is -1.81. The van der Waals surface area contributed by atoms with E-state index in [0.717, 1.165) is 35.9 Å². The van der Waals surface area contributed by atoms with Crippen LogP contribution in [0, 0.1) is 0 Å². The maximum Gasteiger partial charge on any atom is 0.251 e. The van der Waals surface area contributed by atoms with Gasteiger partial charge in [-0.2, -0.15) is 0 Å². The number of nitrogens with one attached hydrogen (secondary N) is 2. The molecule has 2 N–H and O–H groups in total. The molecule has 1 aliphatic rings. The number of hydrogen-bond acceptors (Lipinski definition) is 2. The van der Waals surface area contributed by atoms with Crippen molar-refractivity contribution >= 4 is 16.8 Å². The average Bonchev–Trinajstić information content (AvgIpc) is 2.96. The molecule has 1 unspecified atom stereocenters. The van der Waals surface area contributed by atoms with E-state index in [1.807, 2.05) is 30.5 Å². The SMILES string of the molecule is O=C(NCCC1CCCCO1)c1cccc2[nH]ccc12. The number of fused-ring (bicyclic) bond motifs is 1. The minimum atomic E-state index is -0.00832. The topological polar surface area (TPSA) is 54.1 Å². The quantitative estimate of drug-likeness (QED) is 0.899. The number of aromatic nitrogens is 1. The molecule has 2 aromatic rings. The van der Waals surface area contributed by atoms with Crippen LogP contribution in [0.2, 0.25) is 0 Å². The minimum absolute atomic E-state index is 0.00832. The lowest BCUT2D eigenvalue weighted by Gasteiger charge is -2.22. The van der Waals surface area contributed by atoms with Crippen LogP contribution < -0.4 is 5.32 Å². The van der Waals surface area contributed by atoms with Crippen LogP contribution in [-0.4, -0.2) is 30.1 Å². The molecule has 0 saturated carbocycles. The molecule has 1 aromatic carbocycles. The molecule has 106 valence electrons. The van der Waals surface area contributed by atoms with Crippen LogP contribution in [-0.2, 0) is 4.74 Å². The Bertz CT molecular complexity index is 585. The largest absolute Gasteiger partial charge is 0.378 e. The number of rotatable bonds is 4. The zero-order valence-corrected chi connectivity index (χ0v) is 11.5. The van der Waals surface area contributed by atoms with Gasteiger partial charge in [-0.15, -0.1) is 0 Å². The fourth-order valence-corrected chi connectivity index (χ4v) is 2.76. The first-order valence-electron chi connectivity index (χ1n) is 7.30. The Morgan fingerprint density at radius 2 is 2.30 bits per heavy atom. The predicted molar refractivity (Wildman–Crippen MR) is 78.8 cm³/mol. The molecular weight excluding hydrogens is 252 g/mol. The summed E-state index contributed by atoms with van der Waals surface area (Å²) < 4.78 is 5.67. The van der Waals surface area contributed by atoms with E-state index in [0.29, 0.717) is 12.6 Å². The summed E-state index contributed by atoms with van der Waals surface area (Å²) in [4.78, 5) is 15.4. The maximum absolute atomic E-state index is 12.2. The van der Waals surface area contributed by atoms with E-state index >= 15 is 0 Å². The molecule has 1 amide bonds. The molecule has 1 aliphatic heterocycles. The lowest BCUT2D eigenvalue weighted by Crippen LogP contribution is -2.29. The van der Waals surface area contributed by atoms with Gasteiger partial charge in [0.15, 0.2) is 0 Å². The van der Waals surface area contributed by atoms with Gasteiger partial charge in [0, 0.05) is 35.8 Å². The van der Waals surface area contributed by atoms with Crippen molar-refractivity contribution in [1.29, 1.82) is 0 Å². The van der Waals surface area contributed by atoms with Crippen LogP contribution in [0.3, 0.4) is 0 Å². The molecule has 1 fully saturated rings. The summed E-state index contributed by atoms with van der Waals surface area (Å²) in [5.41, 5.74) is 1.72. The Kier molecular flexibility index (Phi) is 4.02. The number of benzene rings is 1. The monoisotopic (exact) mass is 272 g/mol.